The van der Waals surface area contributed by atoms with Crippen molar-refractivity contribution in [3.8, 4) is 0 Å². The van der Waals surface area contributed by atoms with Crippen LogP contribution in [0.3, 0.4) is 0 Å². The van der Waals surface area contributed by atoms with Crippen molar-refractivity contribution >= 4 is 22.8 Å². The Morgan fingerprint density at radius 1 is 1.21 bits per heavy atom. The highest BCUT2D eigenvalue weighted by Gasteiger charge is 2.42. The quantitative estimate of drug-likeness (QED) is 0.484. The SMILES string of the molecule is COC1(c2cc3c(N[C@H](C)c4cccc(C(F)F)c4F)ncnc3n(C)c2=O)CCN(C(=O)C2COC2)CC1. The zero-order valence-corrected chi connectivity index (χ0v) is 21.9. The number of benzene rings is 1. The first kappa shape index (κ1) is 27.1. The fourth-order valence-corrected chi connectivity index (χ4v) is 5.37. The van der Waals surface area contributed by atoms with Crippen LogP contribution < -0.4 is 10.9 Å². The van der Waals surface area contributed by atoms with Crippen LogP contribution in [-0.2, 0) is 26.9 Å². The van der Waals surface area contributed by atoms with Crippen LogP contribution >= 0.6 is 0 Å². The molecule has 1 aromatic carbocycles. The van der Waals surface area contributed by atoms with E-state index in [1.54, 1.807) is 32.0 Å². The average molecular weight is 546 g/mol. The number of hydrogen-bond acceptors (Lipinski definition) is 7. The maximum atomic E-state index is 14.8. The third-order valence-electron chi connectivity index (χ3n) is 7.87. The molecule has 2 saturated heterocycles. The molecule has 2 fully saturated rings. The number of piperidine rings is 1. The highest BCUT2D eigenvalue weighted by molar-refractivity contribution is 5.87. The van der Waals surface area contributed by atoms with Crippen molar-refractivity contribution in [3.05, 3.63) is 63.5 Å². The van der Waals surface area contributed by atoms with Gasteiger partial charge in [-0.25, -0.2) is 23.1 Å². The molecule has 0 radical (unpaired) electrons. The number of halogens is 3. The second-order valence-corrected chi connectivity index (χ2v) is 10.1. The van der Waals surface area contributed by atoms with Gasteiger partial charge in [-0.3, -0.25) is 14.2 Å². The second-order valence-electron chi connectivity index (χ2n) is 10.1. The molecule has 9 nitrogen and oxygen atoms in total. The number of pyridine rings is 1. The summed E-state index contributed by atoms with van der Waals surface area (Å²) in [5.74, 6) is -0.732. The summed E-state index contributed by atoms with van der Waals surface area (Å²) in [4.78, 5) is 36.6. The Bertz CT molecular complexity index is 1450. The van der Waals surface area contributed by atoms with Gasteiger partial charge in [0.25, 0.3) is 12.0 Å². The highest BCUT2D eigenvalue weighted by atomic mass is 19.3. The Balaban J connectivity index is 1.49. The first-order chi connectivity index (χ1) is 18.7. The molecular formula is C27H30F3N5O4. The summed E-state index contributed by atoms with van der Waals surface area (Å²) in [6.45, 7) is 3.36. The summed E-state index contributed by atoms with van der Waals surface area (Å²) >= 11 is 0. The van der Waals surface area contributed by atoms with Gasteiger partial charge < -0.3 is 19.7 Å². The highest BCUT2D eigenvalue weighted by Crippen LogP contribution is 2.37. The first-order valence-corrected chi connectivity index (χ1v) is 12.8. The third-order valence-corrected chi connectivity index (χ3v) is 7.87. The number of amides is 1. The molecule has 1 amide bonds. The number of alkyl halides is 2. The topological polar surface area (TPSA) is 98.6 Å². The molecule has 1 atom stereocenters. The van der Waals surface area contributed by atoms with Crippen molar-refractivity contribution in [2.24, 2.45) is 13.0 Å². The van der Waals surface area contributed by atoms with E-state index in [0.717, 1.165) is 6.07 Å². The zero-order chi connectivity index (χ0) is 27.9. The van der Waals surface area contributed by atoms with E-state index >= 15 is 0 Å². The van der Waals surface area contributed by atoms with Crippen molar-refractivity contribution in [2.75, 3.05) is 38.7 Å². The minimum atomic E-state index is -2.94. The van der Waals surface area contributed by atoms with Crippen LogP contribution in [0, 0.1) is 11.7 Å². The molecule has 12 heteroatoms. The molecule has 4 heterocycles. The molecule has 0 aliphatic carbocycles. The molecule has 0 bridgehead atoms. The number of anilines is 1. The Morgan fingerprint density at radius 2 is 1.90 bits per heavy atom. The number of aromatic nitrogens is 3. The van der Waals surface area contributed by atoms with Gasteiger partial charge in [-0.05, 0) is 25.8 Å². The van der Waals surface area contributed by atoms with Gasteiger partial charge in [0.2, 0.25) is 5.91 Å². The molecule has 2 aliphatic heterocycles. The summed E-state index contributed by atoms with van der Waals surface area (Å²) in [7, 11) is 3.14. The molecule has 0 spiro atoms. The number of methoxy groups -OCH3 is 1. The fraction of sp³-hybridized carbons (Fsp3) is 0.481. The average Bonchev–Trinajstić information content (AvgIpc) is 2.90. The number of rotatable bonds is 7. The number of fused-ring (bicyclic) bond motifs is 1. The molecule has 0 saturated carbocycles. The van der Waals surface area contributed by atoms with Gasteiger partial charge in [0.1, 0.15) is 29.2 Å². The minimum absolute atomic E-state index is 0.0504. The van der Waals surface area contributed by atoms with Crippen LogP contribution in [0.4, 0.5) is 19.0 Å². The van der Waals surface area contributed by atoms with Gasteiger partial charge in [-0.15, -0.1) is 0 Å². The van der Waals surface area contributed by atoms with Crippen molar-refractivity contribution in [2.45, 2.75) is 37.8 Å². The van der Waals surface area contributed by atoms with Crippen molar-refractivity contribution < 1.29 is 27.4 Å². The number of nitrogens with one attached hydrogen (secondary N) is 1. The number of likely N-dealkylation sites (tertiary alicyclic amines) is 1. The Kier molecular flexibility index (Phi) is 7.34. The first-order valence-electron chi connectivity index (χ1n) is 12.8. The fourth-order valence-electron chi connectivity index (χ4n) is 5.37. The summed E-state index contributed by atoms with van der Waals surface area (Å²) in [6.07, 6.45) is -0.824. The lowest BCUT2D eigenvalue weighted by atomic mass is 9.83. The van der Waals surface area contributed by atoms with E-state index in [1.165, 1.54) is 23.0 Å². The Hall–Kier alpha value is -3.51. The second kappa shape index (κ2) is 10.6. The largest absolute Gasteiger partial charge is 0.380 e. The maximum Gasteiger partial charge on any atom is 0.266 e. The molecule has 1 N–H and O–H groups in total. The third kappa shape index (κ3) is 4.76. The van der Waals surface area contributed by atoms with Gasteiger partial charge in [-0.2, -0.15) is 0 Å². The van der Waals surface area contributed by atoms with Gasteiger partial charge >= 0.3 is 0 Å². The summed E-state index contributed by atoms with van der Waals surface area (Å²) in [5.41, 5.74) is -1.09. The van der Waals surface area contributed by atoms with Crippen molar-refractivity contribution in [1.29, 1.82) is 0 Å². The van der Waals surface area contributed by atoms with Crippen molar-refractivity contribution in [1.82, 2.24) is 19.4 Å². The monoisotopic (exact) mass is 545 g/mol. The van der Waals surface area contributed by atoms with Gasteiger partial charge in [0.15, 0.2) is 0 Å². The van der Waals surface area contributed by atoms with Gasteiger partial charge in [-0.1, -0.05) is 18.2 Å². The van der Waals surface area contributed by atoms with E-state index in [9.17, 15) is 22.8 Å². The lowest BCUT2D eigenvalue weighted by Crippen LogP contribution is -2.52. The molecule has 0 unspecified atom stereocenters. The predicted octanol–water partition coefficient (Wildman–Crippen LogP) is 3.69. The minimum Gasteiger partial charge on any atom is -0.380 e. The van der Waals surface area contributed by atoms with E-state index in [4.69, 9.17) is 9.47 Å². The summed E-state index contributed by atoms with van der Waals surface area (Å²) in [6, 6.07) is 4.84. The standard InChI is InChI=1S/C27H30F3N5O4/c1-15(17-5-4-6-18(21(17)28)22(29)30)33-23-19-11-20(26(37)34(2)24(19)32-14-31-23)27(38-3)7-9-35(10-8-27)25(36)16-12-39-13-16/h4-6,11,14-16,22H,7-10,12-13H2,1-3H3,(H,31,32,33)/t15-/m1/s1. The molecule has 5 rings (SSSR count). The molecular weight excluding hydrogens is 515 g/mol. The van der Waals surface area contributed by atoms with Crippen LogP contribution in [0.15, 0.2) is 35.4 Å². The number of hydrogen-bond donors (Lipinski definition) is 1. The van der Waals surface area contributed by atoms with Crippen LogP contribution in [-0.4, -0.2) is 58.8 Å². The van der Waals surface area contributed by atoms with Crippen LogP contribution in [0.1, 0.15) is 48.9 Å². The number of carbonyl (C=O) groups is 1. The zero-order valence-electron chi connectivity index (χ0n) is 21.9. The predicted molar refractivity (Wildman–Crippen MR) is 137 cm³/mol. The van der Waals surface area contributed by atoms with E-state index < -0.39 is 29.4 Å². The smallest absolute Gasteiger partial charge is 0.266 e. The Morgan fingerprint density at radius 3 is 2.51 bits per heavy atom. The number of nitrogens with zero attached hydrogens (tertiary/aromatic N) is 4. The van der Waals surface area contributed by atoms with Crippen molar-refractivity contribution in [3.63, 3.8) is 0 Å². The molecule has 208 valence electrons. The van der Waals surface area contributed by atoms with E-state index in [1.807, 2.05) is 0 Å². The van der Waals surface area contributed by atoms with Crippen LogP contribution in [0.25, 0.3) is 11.0 Å². The number of ether oxygens (including phenoxy) is 2. The lowest BCUT2D eigenvalue weighted by Gasteiger charge is -2.42. The van der Waals surface area contributed by atoms with Gasteiger partial charge in [0, 0.05) is 32.8 Å². The number of aryl methyl sites for hydroxylation is 1. The van der Waals surface area contributed by atoms with Crippen LogP contribution in [0.5, 0.6) is 0 Å². The van der Waals surface area contributed by atoms with Crippen LogP contribution in [0.2, 0.25) is 0 Å². The lowest BCUT2D eigenvalue weighted by molar-refractivity contribution is -0.155. The molecule has 3 aromatic rings. The van der Waals surface area contributed by atoms with Gasteiger partial charge in [0.05, 0.1) is 41.7 Å². The summed E-state index contributed by atoms with van der Waals surface area (Å²) < 4.78 is 53.9. The molecule has 2 aliphatic rings. The summed E-state index contributed by atoms with van der Waals surface area (Å²) in [5, 5.41) is 3.60. The maximum absolute atomic E-state index is 14.8. The van der Waals surface area contributed by atoms with E-state index in [2.05, 4.69) is 15.3 Å². The van der Waals surface area contributed by atoms with E-state index in [0.29, 0.717) is 61.6 Å². The normalized spacial score (nSPS) is 18.3. The van der Waals surface area contributed by atoms with E-state index in [-0.39, 0.29) is 22.9 Å². The molecule has 39 heavy (non-hydrogen) atoms. The Labute approximate surface area is 222 Å². The number of carbonyl (C=O) groups excluding carboxylic acids is 1. The molecule has 2 aromatic heterocycles.